The highest BCUT2D eigenvalue weighted by atomic mass is 32.2. The molecule has 0 radical (unpaired) electrons. The van der Waals surface area contributed by atoms with Crippen LogP contribution < -0.4 is 22.1 Å². The van der Waals surface area contributed by atoms with Crippen molar-refractivity contribution in [2.75, 3.05) is 12.0 Å². The molecule has 1 aromatic carbocycles. The van der Waals surface area contributed by atoms with E-state index in [1.54, 1.807) is 18.0 Å². The molecule has 0 saturated carbocycles. The number of nitrogens with one attached hydrogen (secondary N) is 3. The highest BCUT2D eigenvalue weighted by Gasteiger charge is 2.29. The third kappa shape index (κ3) is 7.27. The number of para-hydroxylation sites is 1. The molecule has 2 rings (SSSR count). The van der Waals surface area contributed by atoms with Gasteiger partial charge in [-0.2, -0.15) is 11.8 Å². The van der Waals surface area contributed by atoms with Gasteiger partial charge in [0.05, 0.1) is 6.04 Å². The normalized spacial score (nSPS) is 13.8. The maximum Gasteiger partial charge on any atom is 0.326 e. The Morgan fingerprint density at radius 2 is 1.78 bits per heavy atom. The number of benzene rings is 1. The van der Waals surface area contributed by atoms with Crippen LogP contribution in [0.15, 0.2) is 30.5 Å². The smallest absolute Gasteiger partial charge is 0.326 e. The minimum Gasteiger partial charge on any atom is -0.480 e. The van der Waals surface area contributed by atoms with Crippen molar-refractivity contribution >= 4 is 46.4 Å². The van der Waals surface area contributed by atoms with Crippen LogP contribution in [-0.4, -0.2) is 63.9 Å². The second-order valence-corrected chi connectivity index (χ2v) is 8.40. The molecule has 0 aliphatic rings. The number of hydrogen-bond donors (Lipinski definition) is 6. The van der Waals surface area contributed by atoms with Gasteiger partial charge in [-0.25, -0.2) is 4.79 Å². The van der Waals surface area contributed by atoms with Gasteiger partial charge in [-0.1, -0.05) is 18.2 Å². The van der Waals surface area contributed by atoms with Gasteiger partial charge < -0.3 is 32.2 Å². The van der Waals surface area contributed by atoms with Crippen LogP contribution in [0, 0.1) is 0 Å². The van der Waals surface area contributed by atoms with Gasteiger partial charge in [-0.05, 0) is 36.5 Å². The van der Waals surface area contributed by atoms with Crippen LogP contribution in [0.2, 0.25) is 0 Å². The van der Waals surface area contributed by atoms with E-state index in [0.717, 1.165) is 16.5 Å². The Bertz CT molecular complexity index is 963. The minimum atomic E-state index is -1.32. The summed E-state index contributed by atoms with van der Waals surface area (Å²) in [5.41, 5.74) is 12.7. The van der Waals surface area contributed by atoms with Crippen molar-refractivity contribution < 1.29 is 24.3 Å². The zero-order valence-electron chi connectivity index (χ0n) is 17.8. The molecule has 0 unspecified atom stereocenters. The number of carbonyl (C=O) groups excluding carboxylic acids is 3. The first-order valence-corrected chi connectivity index (χ1v) is 11.5. The summed E-state index contributed by atoms with van der Waals surface area (Å²) >= 11 is 1.55. The van der Waals surface area contributed by atoms with Crippen molar-refractivity contribution in [1.82, 2.24) is 15.6 Å². The lowest BCUT2D eigenvalue weighted by molar-refractivity contribution is -0.142. The molecule has 0 saturated heterocycles. The number of amides is 3. The number of primary amides is 1. The Morgan fingerprint density at radius 3 is 2.44 bits per heavy atom. The van der Waals surface area contributed by atoms with E-state index in [1.165, 1.54) is 0 Å². The Morgan fingerprint density at radius 1 is 1.09 bits per heavy atom. The molecule has 1 heterocycles. The van der Waals surface area contributed by atoms with Crippen LogP contribution in [0.4, 0.5) is 0 Å². The van der Waals surface area contributed by atoms with E-state index in [1.807, 2.05) is 30.5 Å². The zero-order chi connectivity index (χ0) is 23.7. The van der Waals surface area contributed by atoms with Gasteiger partial charge in [-0.3, -0.25) is 14.4 Å². The van der Waals surface area contributed by atoms with Crippen molar-refractivity contribution in [3.63, 3.8) is 0 Å². The second kappa shape index (κ2) is 12.1. The molecule has 32 heavy (non-hydrogen) atoms. The number of thioether (sulfide) groups is 1. The first kappa shape index (κ1) is 25.2. The Labute approximate surface area is 189 Å². The number of rotatable bonds is 13. The number of fused-ring (bicyclic) bond motifs is 1. The van der Waals surface area contributed by atoms with Crippen molar-refractivity contribution in [2.24, 2.45) is 11.5 Å². The van der Waals surface area contributed by atoms with Crippen LogP contribution in [-0.2, 0) is 25.6 Å². The van der Waals surface area contributed by atoms with Crippen LogP contribution in [0.25, 0.3) is 10.9 Å². The van der Waals surface area contributed by atoms with Crippen LogP contribution in [0.3, 0.4) is 0 Å². The first-order valence-electron chi connectivity index (χ1n) is 10.1. The molecule has 10 nitrogen and oxygen atoms in total. The van der Waals surface area contributed by atoms with E-state index in [9.17, 15) is 24.3 Å². The summed E-state index contributed by atoms with van der Waals surface area (Å²) in [6.45, 7) is 0. The lowest BCUT2D eigenvalue weighted by atomic mass is 10.0. The topological polar surface area (TPSA) is 180 Å². The molecule has 8 N–H and O–H groups in total. The maximum absolute atomic E-state index is 13.0. The van der Waals surface area contributed by atoms with Crippen LogP contribution >= 0.6 is 11.8 Å². The molecular weight excluding hydrogens is 434 g/mol. The van der Waals surface area contributed by atoms with Gasteiger partial charge in [0, 0.05) is 29.9 Å². The molecule has 2 aromatic rings. The third-order valence-corrected chi connectivity index (χ3v) is 5.64. The molecular formula is C21H29N5O5S. The minimum absolute atomic E-state index is 0.124. The molecule has 0 fully saturated rings. The van der Waals surface area contributed by atoms with Gasteiger partial charge in [0.25, 0.3) is 0 Å². The fourth-order valence-electron chi connectivity index (χ4n) is 3.20. The summed E-state index contributed by atoms with van der Waals surface area (Å²) < 4.78 is 0. The number of H-pyrrole nitrogens is 1. The van der Waals surface area contributed by atoms with E-state index in [4.69, 9.17) is 11.5 Å². The highest BCUT2D eigenvalue weighted by molar-refractivity contribution is 7.98. The number of aliphatic carboxylic acids is 1. The number of carbonyl (C=O) groups is 4. The van der Waals surface area contributed by atoms with Gasteiger partial charge in [0.1, 0.15) is 12.1 Å². The van der Waals surface area contributed by atoms with Crippen molar-refractivity contribution in [3.05, 3.63) is 36.0 Å². The molecule has 1 aromatic heterocycles. The summed E-state index contributed by atoms with van der Waals surface area (Å²) in [7, 11) is 0. The lowest BCUT2D eigenvalue weighted by Crippen LogP contribution is -2.55. The van der Waals surface area contributed by atoms with Gasteiger partial charge >= 0.3 is 5.97 Å². The lowest BCUT2D eigenvalue weighted by Gasteiger charge is -2.23. The SMILES string of the molecule is CSCC[C@H](N)C(=O)N[C@@H](Cc1c[nH]c2ccccc12)C(=O)N[C@@H](CCC(N)=O)C(=O)O. The molecule has 0 aliphatic carbocycles. The second-order valence-electron chi connectivity index (χ2n) is 7.42. The van der Waals surface area contributed by atoms with E-state index < -0.39 is 41.8 Å². The largest absolute Gasteiger partial charge is 0.480 e. The van der Waals surface area contributed by atoms with E-state index >= 15 is 0 Å². The Hall–Kier alpha value is -3.05. The van der Waals surface area contributed by atoms with Crippen molar-refractivity contribution in [3.8, 4) is 0 Å². The summed E-state index contributed by atoms with van der Waals surface area (Å²) in [6, 6.07) is 4.32. The zero-order valence-corrected chi connectivity index (χ0v) is 18.6. The van der Waals surface area contributed by atoms with Crippen LogP contribution in [0.5, 0.6) is 0 Å². The number of carboxylic acid groups (broad SMARTS) is 1. The summed E-state index contributed by atoms with van der Waals surface area (Å²) in [5.74, 6) is -2.47. The number of nitrogens with two attached hydrogens (primary N) is 2. The summed E-state index contributed by atoms with van der Waals surface area (Å²) in [4.78, 5) is 51.2. The molecule has 3 amide bonds. The molecule has 11 heteroatoms. The fraction of sp³-hybridized carbons (Fsp3) is 0.429. The van der Waals surface area contributed by atoms with Gasteiger partial charge in [-0.15, -0.1) is 0 Å². The number of hydrogen-bond acceptors (Lipinski definition) is 6. The van der Waals surface area contributed by atoms with Crippen LogP contribution in [0.1, 0.15) is 24.8 Å². The van der Waals surface area contributed by atoms with Crippen molar-refractivity contribution in [1.29, 1.82) is 0 Å². The van der Waals surface area contributed by atoms with Gasteiger partial charge in [0.15, 0.2) is 0 Å². The maximum atomic E-state index is 13.0. The molecule has 0 aliphatic heterocycles. The number of carboxylic acids is 1. The van der Waals surface area contributed by atoms with Gasteiger partial charge in [0.2, 0.25) is 17.7 Å². The first-order chi connectivity index (χ1) is 15.2. The van der Waals surface area contributed by atoms with E-state index in [2.05, 4.69) is 15.6 Å². The molecule has 3 atom stereocenters. The predicted molar refractivity (Wildman–Crippen MR) is 123 cm³/mol. The Kier molecular flexibility index (Phi) is 9.54. The number of aromatic amines is 1. The number of aromatic nitrogens is 1. The monoisotopic (exact) mass is 463 g/mol. The molecule has 174 valence electrons. The molecule has 0 spiro atoms. The molecule has 0 bridgehead atoms. The quantitative estimate of drug-likeness (QED) is 0.244. The average molecular weight is 464 g/mol. The average Bonchev–Trinajstić information content (AvgIpc) is 3.16. The van der Waals surface area contributed by atoms with E-state index in [-0.39, 0.29) is 19.3 Å². The summed E-state index contributed by atoms with van der Waals surface area (Å²) in [5, 5.41) is 15.3. The fourth-order valence-corrected chi connectivity index (χ4v) is 3.69. The Balaban J connectivity index is 2.21. The standard InChI is InChI=1S/C21H29N5O5S/c1-32-9-8-14(22)19(28)26-17(10-12-11-24-15-5-3-2-4-13(12)15)20(29)25-16(21(30)31)6-7-18(23)27/h2-5,11,14,16-17,24H,6-10,22H2,1H3,(H2,23,27)(H,25,29)(H,26,28)(H,30,31)/t14-,16-,17-/m0/s1. The predicted octanol–water partition coefficient (Wildman–Crippen LogP) is 0.111. The highest BCUT2D eigenvalue weighted by Crippen LogP contribution is 2.19. The summed E-state index contributed by atoms with van der Waals surface area (Å²) in [6.07, 6.45) is 3.85. The third-order valence-electron chi connectivity index (χ3n) is 5.00. The van der Waals surface area contributed by atoms with Crippen molar-refractivity contribution in [2.45, 2.75) is 43.8 Å². The van der Waals surface area contributed by atoms with E-state index in [0.29, 0.717) is 12.2 Å².